The Kier molecular flexibility index (Phi) is 4.81. The third kappa shape index (κ3) is 3.60. The second-order valence-corrected chi connectivity index (χ2v) is 6.77. The highest BCUT2D eigenvalue weighted by molar-refractivity contribution is 5.93. The van der Waals surface area contributed by atoms with Gasteiger partial charge in [0.25, 0.3) is 0 Å². The number of ether oxygens (including phenoxy) is 1. The second-order valence-electron chi connectivity index (χ2n) is 6.77. The Morgan fingerprint density at radius 2 is 1.80 bits per heavy atom. The number of rotatable bonds is 5. The van der Waals surface area contributed by atoms with E-state index in [1.165, 1.54) is 22.0 Å². The molecule has 3 aromatic rings. The molecule has 1 saturated heterocycles. The van der Waals surface area contributed by atoms with Crippen molar-refractivity contribution >= 4 is 10.9 Å². The van der Waals surface area contributed by atoms with Crippen LogP contribution >= 0.6 is 0 Å². The highest BCUT2D eigenvalue weighted by Gasteiger charge is 2.14. The van der Waals surface area contributed by atoms with Gasteiger partial charge < -0.3 is 4.74 Å². The SMILES string of the molecule is Cc1ccc2c(c1)c(-c1ccccc1)nn2CCCN1CCOCC1. The molecule has 25 heavy (non-hydrogen) atoms. The lowest BCUT2D eigenvalue weighted by atomic mass is 10.1. The predicted molar refractivity (Wildman–Crippen MR) is 102 cm³/mol. The maximum Gasteiger partial charge on any atom is 0.100 e. The van der Waals surface area contributed by atoms with E-state index in [4.69, 9.17) is 9.84 Å². The Labute approximate surface area is 149 Å². The Hall–Kier alpha value is -2.17. The minimum absolute atomic E-state index is 0.863. The lowest BCUT2D eigenvalue weighted by Gasteiger charge is -2.26. The summed E-state index contributed by atoms with van der Waals surface area (Å²) in [5, 5.41) is 6.20. The fourth-order valence-electron chi connectivity index (χ4n) is 3.54. The zero-order valence-corrected chi connectivity index (χ0v) is 14.8. The number of hydrogen-bond acceptors (Lipinski definition) is 3. The van der Waals surface area contributed by atoms with E-state index in [1.54, 1.807) is 0 Å². The van der Waals surface area contributed by atoms with E-state index in [9.17, 15) is 0 Å². The minimum Gasteiger partial charge on any atom is -0.379 e. The summed E-state index contributed by atoms with van der Waals surface area (Å²) in [5.74, 6) is 0. The Morgan fingerprint density at radius 1 is 1.00 bits per heavy atom. The first-order valence-corrected chi connectivity index (χ1v) is 9.14. The van der Waals surface area contributed by atoms with Gasteiger partial charge in [0, 0.05) is 37.1 Å². The molecule has 1 aliphatic rings. The van der Waals surface area contributed by atoms with E-state index in [2.05, 4.69) is 65.0 Å². The third-order valence-electron chi connectivity index (χ3n) is 4.90. The largest absolute Gasteiger partial charge is 0.379 e. The standard InChI is InChI=1S/C21H25N3O/c1-17-8-9-20-19(16-17)21(18-6-3-2-4-7-18)22-24(20)11-5-10-23-12-14-25-15-13-23/h2-4,6-9,16H,5,10-15H2,1H3. The molecule has 2 heterocycles. The summed E-state index contributed by atoms with van der Waals surface area (Å²) < 4.78 is 7.60. The lowest BCUT2D eigenvalue weighted by Crippen LogP contribution is -2.37. The summed E-state index contributed by atoms with van der Waals surface area (Å²) in [7, 11) is 0. The van der Waals surface area contributed by atoms with E-state index >= 15 is 0 Å². The number of aromatic nitrogens is 2. The number of morpholine rings is 1. The minimum atomic E-state index is 0.863. The number of benzene rings is 2. The van der Waals surface area contributed by atoms with Crippen LogP contribution in [0.25, 0.3) is 22.2 Å². The lowest BCUT2D eigenvalue weighted by molar-refractivity contribution is 0.0368. The molecule has 0 saturated carbocycles. The fourth-order valence-corrected chi connectivity index (χ4v) is 3.54. The van der Waals surface area contributed by atoms with Gasteiger partial charge in [0.1, 0.15) is 5.69 Å². The van der Waals surface area contributed by atoms with Crippen LogP contribution in [-0.4, -0.2) is 47.5 Å². The monoisotopic (exact) mass is 335 g/mol. The quantitative estimate of drug-likeness (QED) is 0.712. The summed E-state index contributed by atoms with van der Waals surface area (Å²) in [6.07, 6.45) is 1.11. The van der Waals surface area contributed by atoms with Gasteiger partial charge in [0.15, 0.2) is 0 Å². The molecule has 0 atom stereocenters. The Balaban J connectivity index is 1.58. The zero-order chi connectivity index (χ0) is 17.1. The van der Waals surface area contributed by atoms with Crippen LogP contribution in [0, 0.1) is 6.92 Å². The zero-order valence-electron chi connectivity index (χ0n) is 14.8. The van der Waals surface area contributed by atoms with Crippen molar-refractivity contribution in [1.29, 1.82) is 0 Å². The van der Waals surface area contributed by atoms with E-state index < -0.39 is 0 Å². The van der Waals surface area contributed by atoms with Crippen molar-refractivity contribution in [3.63, 3.8) is 0 Å². The number of aryl methyl sites for hydroxylation is 2. The smallest absolute Gasteiger partial charge is 0.100 e. The van der Waals surface area contributed by atoms with Gasteiger partial charge in [-0.2, -0.15) is 5.10 Å². The normalized spacial score (nSPS) is 15.7. The molecule has 4 rings (SSSR count). The molecule has 0 amide bonds. The van der Waals surface area contributed by atoms with E-state index in [0.717, 1.165) is 51.5 Å². The highest BCUT2D eigenvalue weighted by Crippen LogP contribution is 2.28. The molecule has 4 nitrogen and oxygen atoms in total. The van der Waals surface area contributed by atoms with Crippen molar-refractivity contribution in [2.24, 2.45) is 0 Å². The molecule has 2 aromatic carbocycles. The molecule has 0 spiro atoms. The van der Waals surface area contributed by atoms with Crippen molar-refractivity contribution in [3.05, 3.63) is 54.1 Å². The van der Waals surface area contributed by atoms with Crippen LogP contribution in [0.4, 0.5) is 0 Å². The van der Waals surface area contributed by atoms with Crippen LogP contribution in [-0.2, 0) is 11.3 Å². The number of hydrogen-bond donors (Lipinski definition) is 0. The van der Waals surface area contributed by atoms with Gasteiger partial charge in [-0.3, -0.25) is 9.58 Å². The molecule has 1 aromatic heterocycles. The van der Waals surface area contributed by atoms with Crippen molar-refractivity contribution in [3.8, 4) is 11.3 Å². The van der Waals surface area contributed by atoms with Gasteiger partial charge in [-0.1, -0.05) is 42.0 Å². The molecule has 0 bridgehead atoms. The fraction of sp³-hybridized carbons (Fsp3) is 0.381. The molecule has 0 N–H and O–H groups in total. The van der Waals surface area contributed by atoms with Gasteiger partial charge in [0.2, 0.25) is 0 Å². The maximum absolute atomic E-state index is 5.43. The predicted octanol–water partition coefficient (Wildman–Crippen LogP) is 3.73. The van der Waals surface area contributed by atoms with Crippen LogP contribution in [0.15, 0.2) is 48.5 Å². The van der Waals surface area contributed by atoms with Crippen LogP contribution in [0.3, 0.4) is 0 Å². The first kappa shape index (κ1) is 16.3. The molecule has 1 fully saturated rings. The molecule has 0 aliphatic carbocycles. The summed E-state index contributed by atoms with van der Waals surface area (Å²) in [6, 6.07) is 17.1. The van der Waals surface area contributed by atoms with Gasteiger partial charge in [0.05, 0.1) is 18.7 Å². The second kappa shape index (κ2) is 7.38. The molecule has 0 radical (unpaired) electrons. The maximum atomic E-state index is 5.43. The highest BCUT2D eigenvalue weighted by atomic mass is 16.5. The van der Waals surface area contributed by atoms with Crippen molar-refractivity contribution in [2.75, 3.05) is 32.8 Å². The van der Waals surface area contributed by atoms with Crippen LogP contribution in [0.1, 0.15) is 12.0 Å². The number of nitrogens with zero attached hydrogens (tertiary/aromatic N) is 3. The molecule has 0 unspecified atom stereocenters. The number of fused-ring (bicyclic) bond motifs is 1. The van der Waals surface area contributed by atoms with E-state index in [1.807, 2.05) is 0 Å². The van der Waals surface area contributed by atoms with Crippen LogP contribution in [0.5, 0.6) is 0 Å². The van der Waals surface area contributed by atoms with Gasteiger partial charge >= 0.3 is 0 Å². The van der Waals surface area contributed by atoms with E-state index in [-0.39, 0.29) is 0 Å². The summed E-state index contributed by atoms with van der Waals surface area (Å²) in [5.41, 5.74) is 4.78. The molecule has 130 valence electrons. The van der Waals surface area contributed by atoms with Gasteiger partial charge in [-0.15, -0.1) is 0 Å². The van der Waals surface area contributed by atoms with Crippen LogP contribution < -0.4 is 0 Å². The van der Waals surface area contributed by atoms with Gasteiger partial charge in [-0.05, 0) is 25.5 Å². The van der Waals surface area contributed by atoms with Crippen molar-refractivity contribution < 1.29 is 4.74 Å². The Bertz CT molecular complexity index is 835. The first-order chi connectivity index (χ1) is 12.3. The van der Waals surface area contributed by atoms with Gasteiger partial charge in [-0.25, -0.2) is 0 Å². The van der Waals surface area contributed by atoms with Crippen molar-refractivity contribution in [1.82, 2.24) is 14.7 Å². The summed E-state index contributed by atoms with van der Waals surface area (Å²) in [4.78, 5) is 2.48. The van der Waals surface area contributed by atoms with Crippen molar-refractivity contribution in [2.45, 2.75) is 19.9 Å². The molecule has 4 heteroatoms. The summed E-state index contributed by atoms with van der Waals surface area (Å²) >= 11 is 0. The topological polar surface area (TPSA) is 30.3 Å². The average Bonchev–Trinajstić information content (AvgIpc) is 3.01. The first-order valence-electron chi connectivity index (χ1n) is 9.14. The Morgan fingerprint density at radius 3 is 2.60 bits per heavy atom. The average molecular weight is 335 g/mol. The van der Waals surface area contributed by atoms with E-state index in [0.29, 0.717) is 0 Å². The molecular weight excluding hydrogens is 310 g/mol. The van der Waals surface area contributed by atoms with Crippen LogP contribution in [0.2, 0.25) is 0 Å². The molecule has 1 aliphatic heterocycles. The summed E-state index contributed by atoms with van der Waals surface area (Å²) in [6.45, 7) is 8.03. The molecular formula is C21H25N3O. The third-order valence-corrected chi connectivity index (χ3v) is 4.90.